The summed E-state index contributed by atoms with van der Waals surface area (Å²) in [6, 6.07) is 11.1. The Labute approximate surface area is 142 Å². The minimum Gasteiger partial charge on any atom is -0.459 e. The summed E-state index contributed by atoms with van der Waals surface area (Å²) in [5, 5.41) is 5.61. The zero-order chi connectivity index (χ0) is 16.3. The van der Waals surface area contributed by atoms with Crippen LogP contribution in [0.1, 0.15) is 29.0 Å². The van der Waals surface area contributed by atoms with Gasteiger partial charge >= 0.3 is 0 Å². The van der Waals surface area contributed by atoms with Gasteiger partial charge in [0.1, 0.15) is 0 Å². The molecule has 1 aromatic heterocycles. The molecule has 1 saturated carbocycles. The SMILES string of the molecule is O=C(NCCNC(=O)C1(c2cccc(Br)c2)CC1)c1ccco1. The molecule has 2 N–H and O–H groups in total. The lowest BCUT2D eigenvalue weighted by Gasteiger charge is -2.16. The maximum atomic E-state index is 12.5. The minimum atomic E-state index is -0.408. The summed E-state index contributed by atoms with van der Waals surface area (Å²) in [5.41, 5.74) is 0.624. The highest BCUT2D eigenvalue weighted by Gasteiger charge is 2.51. The van der Waals surface area contributed by atoms with Crippen LogP contribution >= 0.6 is 15.9 Å². The molecule has 1 heterocycles. The quantitative estimate of drug-likeness (QED) is 0.761. The Morgan fingerprint density at radius 2 is 1.91 bits per heavy atom. The second kappa shape index (κ2) is 6.58. The number of carbonyl (C=O) groups is 2. The second-order valence-corrected chi connectivity index (χ2v) is 6.50. The van der Waals surface area contributed by atoms with E-state index < -0.39 is 5.41 Å². The van der Waals surface area contributed by atoms with E-state index in [-0.39, 0.29) is 17.6 Å². The maximum absolute atomic E-state index is 12.5. The molecule has 0 spiro atoms. The van der Waals surface area contributed by atoms with Crippen LogP contribution in [-0.4, -0.2) is 24.9 Å². The first-order valence-electron chi connectivity index (χ1n) is 7.48. The summed E-state index contributed by atoms with van der Waals surface area (Å²) in [7, 11) is 0. The average molecular weight is 377 g/mol. The smallest absolute Gasteiger partial charge is 0.287 e. The third kappa shape index (κ3) is 3.47. The van der Waals surface area contributed by atoms with Crippen LogP contribution in [0.25, 0.3) is 0 Å². The van der Waals surface area contributed by atoms with E-state index in [9.17, 15) is 9.59 Å². The zero-order valence-corrected chi connectivity index (χ0v) is 14.1. The number of amides is 2. The van der Waals surface area contributed by atoms with Crippen molar-refractivity contribution >= 4 is 27.7 Å². The molecule has 0 saturated heterocycles. The fraction of sp³-hybridized carbons (Fsp3) is 0.294. The number of hydrogen-bond acceptors (Lipinski definition) is 3. The van der Waals surface area contributed by atoms with Crippen LogP contribution in [0.2, 0.25) is 0 Å². The van der Waals surface area contributed by atoms with Crippen molar-refractivity contribution in [3.8, 4) is 0 Å². The fourth-order valence-electron chi connectivity index (χ4n) is 2.57. The van der Waals surface area contributed by atoms with Crippen LogP contribution in [0.3, 0.4) is 0 Å². The molecule has 23 heavy (non-hydrogen) atoms. The van der Waals surface area contributed by atoms with Gasteiger partial charge in [0.25, 0.3) is 5.91 Å². The minimum absolute atomic E-state index is 0.0165. The van der Waals surface area contributed by atoms with Gasteiger partial charge in [-0.05, 0) is 42.7 Å². The molecule has 1 aliphatic carbocycles. The molecule has 0 unspecified atom stereocenters. The summed E-state index contributed by atoms with van der Waals surface area (Å²) >= 11 is 3.44. The molecule has 0 bridgehead atoms. The van der Waals surface area contributed by atoms with Crippen molar-refractivity contribution in [2.75, 3.05) is 13.1 Å². The maximum Gasteiger partial charge on any atom is 0.287 e. The number of hydrogen-bond donors (Lipinski definition) is 2. The molecule has 120 valence electrons. The van der Waals surface area contributed by atoms with E-state index in [2.05, 4.69) is 26.6 Å². The van der Waals surface area contributed by atoms with Gasteiger partial charge in [-0.2, -0.15) is 0 Å². The van der Waals surface area contributed by atoms with Crippen molar-refractivity contribution in [3.05, 3.63) is 58.5 Å². The molecule has 5 nitrogen and oxygen atoms in total. The molecular weight excluding hydrogens is 360 g/mol. The third-order valence-corrected chi connectivity index (χ3v) is 4.50. The number of furan rings is 1. The van der Waals surface area contributed by atoms with Crippen LogP contribution in [-0.2, 0) is 10.2 Å². The molecule has 1 aromatic carbocycles. The van der Waals surface area contributed by atoms with E-state index in [0.717, 1.165) is 22.9 Å². The van der Waals surface area contributed by atoms with Gasteiger partial charge in [-0.1, -0.05) is 28.1 Å². The fourth-order valence-corrected chi connectivity index (χ4v) is 2.97. The van der Waals surface area contributed by atoms with Gasteiger partial charge in [0.05, 0.1) is 11.7 Å². The van der Waals surface area contributed by atoms with Crippen molar-refractivity contribution in [1.82, 2.24) is 10.6 Å². The molecule has 1 fully saturated rings. The first kappa shape index (κ1) is 15.8. The van der Waals surface area contributed by atoms with E-state index in [1.165, 1.54) is 6.26 Å². The van der Waals surface area contributed by atoms with Gasteiger partial charge in [0.2, 0.25) is 5.91 Å². The van der Waals surface area contributed by atoms with Gasteiger partial charge in [0.15, 0.2) is 5.76 Å². The molecule has 2 aromatic rings. The van der Waals surface area contributed by atoms with Crippen molar-refractivity contribution in [3.63, 3.8) is 0 Å². The molecular formula is C17H17BrN2O3. The monoisotopic (exact) mass is 376 g/mol. The first-order chi connectivity index (χ1) is 11.1. The largest absolute Gasteiger partial charge is 0.459 e. The number of halogens is 1. The van der Waals surface area contributed by atoms with Crippen LogP contribution < -0.4 is 10.6 Å². The Bertz CT molecular complexity index is 708. The van der Waals surface area contributed by atoms with Crippen molar-refractivity contribution in [2.24, 2.45) is 0 Å². The summed E-state index contributed by atoms with van der Waals surface area (Å²) in [6.45, 7) is 0.751. The number of carbonyl (C=O) groups excluding carboxylic acids is 2. The summed E-state index contributed by atoms with van der Waals surface area (Å²) < 4.78 is 5.97. The van der Waals surface area contributed by atoms with Gasteiger partial charge in [-0.3, -0.25) is 9.59 Å². The molecule has 0 atom stereocenters. The van der Waals surface area contributed by atoms with Crippen molar-refractivity contribution < 1.29 is 14.0 Å². The highest BCUT2D eigenvalue weighted by Crippen LogP contribution is 2.48. The number of rotatable bonds is 6. The molecule has 1 aliphatic rings. The predicted octanol–water partition coefficient (Wildman–Crippen LogP) is 2.62. The summed E-state index contributed by atoms with van der Waals surface area (Å²) in [4.78, 5) is 24.2. The van der Waals surface area contributed by atoms with Gasteiger partial charge < -0.3 is 15.1 Å². The van der Waals surface area contributed by atoms with Crippen molar-refractivity contribution in [1.29, 1.82) is 0 Å². The van der Waals surface area contributed by atoms with E-state index in [1.54, 1.807) is 12.1 Å². The topological polar surface area (TPSA) is 71.3 Å². The Balaban J connectivity index is 1.49. The van der Waals surface area contributed by atoms with E-state index in [1.807, 2.05) is 24.3 Å². The van der Waals surface area contributed by atoms with Crippen LogP contribution in [0.4, 0.5) is 0 Å². The average Bonchev–Trinajstić information content (AvgIpc) is 3.18. The Morgan fingerprint density at radius 1 is 1.13 bits per heavy atom. The molecule has 0 aliphatic heterocycles. The second-order valence-electron chi connectivity index (χ2n) is 5.58. The molecule has 0 radical (unpaired) electrons. The summed E-state index contributed by atoms with van der Waals surface area (Å²) in [5.74, 6) is 0.00403. The highest BCUT2D eigenvalue weighted by atomic mass is 79.9. The van der Waals surface area contributed by atoms with E-state index in [4.69, 9.17) is 4.42 Å². The lowest BCUT2D eigenvalue weighted by molar-refractivity contribution is -0.123. The Morgan fingerprint density at radius 3 is 2.57 bits per heavy atom. The molecule has 3 rings (SSSR count). The Kier molecular flexibility index (Phi) is 4.52. The lowest BCUT2D eigenvalue weighted by atomic mass is 9.95. The normalized spacial score (nSPS) is 15.0. The van der Waals surface area contributed by atoms with E-state index in [0.29, 0.717) is 13.1 Å². The zero-order valence-electron chi connectivity index (χ0n) is 12.5. The standard InChI is InChI=1S/C17H17BrN2O3/c18-13-4-1-3-12(11-13)17(6-7-17)16(22)20-9-8-19-15(21)14-5-2-10-23-14/h1-5,10-11H,6-9H2,(H,19,21)(H,20,22). The summed E-state index contributed by atoms with van der Waals surface area (Å²) in [6.07, 6.45) is 3.16. The molecule has 2 amide bonds. The Hall–Kier alpha value is -2.08. The van der Waals surface area contributed by atoms with Crippen LogP contribution in [0.15, 0.2) is 51.6 Å². The van der Waals surface area contributed by atoms with Gasteiger partial charge in [-0.25, -0.2) is 0 Å². The van der Waals surface area contributed by atoms with Crippen LogP contribution in [0, 0.1) is 0 Å². The number of nitrogens with one attached hydrogen (secondary N) is 2. The number of benzene rings is 1. The molecule has 6 heteroatoms. The van der Waals surface area contributed by atoms with Gasteiger partial charge in [-0.15, -0.1) is 0 Å². The highest BCUT2D eigenvalue weighted by molar-refractivity contribution is 9.10. The van der Waals surface area contributed by atoms with E-state index >= 15 is 0 Å². The first-order valence-corrected chi connectivity index (χ1v) is 8.27. The lowest BCUT2D eigenvalue weighted by Crippen LogP contribution is -2.39. The van der Waals surface area contributed by atoms with Gasteiger partial charge in [0, 0.05) is 17.6 Å². The van der Waals surface area contributed by atoms with Crippen LogP contribution in [0.5, 0.6) is 0 Å². The van der Waals surface area contributed by atoms with Crippen molar-refractivity contribution in [2.45, 2.75) is 18.3 Å². The third-order valence-electron chi connectivity index (χ3n) is 4.00. The predicted molar refractivity (Wildman–Crippen MR) is 89.1 cm³/mol.